The maximum Gasteiger partial charge on any atom is 0.00723 e. The van der Waals surface area contributed by atoms with E-state index in [1.165, 1.54) is 69.8 Å². The molecule has 0 aromatic heterocycles. The van der Waals surface area contributed by atoms with E-state index >= 15 is 0 Å². The van der Waals surface area contributed by atoms with E-state index in [1.54, 1.807) is 0 Å². The maximum absolute atomic E-state index is 3.48. The lowest BCUT2D eigenvalue weighted by Gasteiger charge is -2.19. The van der Waals surface area contributed by atoms with Gasteiger partial charge in [-0.25, -0.2) is 0 Å². The second-order valence-corrected chi connectivity index (χ2v) is 6.56. The maximum atomic E-state index is 3.48. The summed E-state index contributed by atoms with van der Waals surface area (Å²) in [6, 6.07) is 0.643. The number of hydrogen-bond acceptors (Lipinski definition) is 3. The molecule has 0 spiro atoms. The third kappa shape index (κ3) is 8.92. The first kappa shape index (κ1) is 15.3. The molecular weight excluding hydrogens is 228 g/mol. The highest BCUT2D eigenvalue weighted by Crippen LogP contribution is 2.11. The SMILES string of the molecule is CC(C)NCCCCCCN1CCCSCC1. The molecule has 102 valence electrons. The van der Waals surface area contributed by atoms with E-state index in [2.05, 4.69) is 35.8 Å². The molecule has 0 unspecified atom stereocenters. The minimum atomic E-state index is 0.643. The Balaban J connectivity index is 1.86. The van der Waals surface area contributed by atoms with Crippen LogP contribution >= 0.6 is 11.8 Å². The molecule has 0 radical (unpaired) electrons. The molecule has 0 amide bonds. The van der Waals surface area contributed by atoms with Crippen LogP contribution in [0.1, 0.15) is 46.0 Å². The highest BCUT2D eigenvalue weighted by Gasteiger charge is 2.07. The van der Waals surface area contributed by atoms with Crippen LogP contribution in [0.15, 0.2) is 0 Å². The van der Waals surface area contributed by atoms with Crippen LogP contribution in [0, 0.1) is 0 Å². The zero-order valence-corrected chi connectivity index (χ0v) is 12.5. The van der Waals surface area contributed by atoms with Gasteiger partial charge in [0.2, 0.25) is 0 Å². The first-order valence-electron chi connectivity index (χ1n) is 7.32. The van der Waals surface area contributed by atoms with Crippen LogP contribution in [0.2, 0.25) is 0 Å². The lowest BCUT2D eigenvalue weighted by molar-refractivity contribution is 0.287. The van der Waals surface area contributed by atoms with Gasteiger partial charge in [-0.05, 0) is 44.6 Å². The van der Waals surface area contributed by atoms with E-state index < -0.39 is 0 Å². The molecule has 1 saturated heterocycles. The van der Waals surface area contributed by atoms with Crippen LogP contribution in [-0.4, -0.2) is 48.6 Å². The Kier molecular flexibility index (Phi) is 9.21. The molecule has 2 nitrogen and oxygen atoms in total. The van der Waals surface area contributed by atoms with Gasteiger partial charge in [-0.2, -0.15) is 11.8 Å². The van der Waals surface area contributed by atoms with Gasteiger partial charge in [0.25, 0.3) is 0 Å². The summed E-state index contributed by atoms with van der Waals surface area (Å²) in [6.07, 6.45) is 6.93. The van der Waals surface area contributed by atoms with Crippen molar-refractivity contribution >= 4 is 11.8 Å². The van der Waals surface area contributed by atoms with Crippen molar-refractivity contribution in [2.75, 3.05) is 37.7 Å². The predicted molar refractivity (Wildman–Crippen MR) is 80.0 cm³/mol. The van der Waals surface area contributed by atoms with Crippen LogP contribution in [0.5, 0.6) is 0 Å². The van der Waals surface area contributed by atoms with Crippen molar-refractivity contribution in [2.45, 2.75) is 52.0 Å². The standard InChI is InChI=1S/C14H30N2S/c1-14(2)15-8-5-3-4-6-9-16-10-7-12-17-13-11-16/h14-15H,3-13H2,1-2H3. The summed E-state index contributed by atoms with van der Waals surface area (Å²) in [5, 5.41) is 3.48. The summed E-state index contributed by atoms with van der Waals surface area (Å²) < 4.78 is 0. The molecule has 17 heavy (non-hydrogen) atoms. The molecule has 0 atom stereocenters. The highest BCUT2D eigenvalue weighted by atomic mass is 32.2. The molecule has 1 aliphatic rings. The molecule has 0 bridgehead atoms. The Bertz CT molecular complexity index is 166. The number of nitrogens with one attached hydrogen (secondary N) is 1. The first-order chi connectivity index (χ1) is 8.29. The van der Waals surface area contributed by atoms with Crippen molar-refractivity contribution in [3.05, 3.63) is 0 Å². The van der Waals surface area contributed by atoms with Gasteiger partial charge in [-0.15, -0.1) is 0 Å². The number of rotatable bonds is 8. The summed E-state index contributed by atoms with van der Waals surface area (Å²) in [6.45, 7) is 9.62. The third-order valence-corrected chi connectivity index (χ3v) is 4.32. The van der Waals surface area contributed by atoms with Gasteiger partial charge in [0.05, 0.1) is 0 Å². The molecule has 1 aliphatic heterocycles. The van der Waals surface area contributed by atoms with Crippen molar-refractivity contribution in [1.29, 1.82) is 0 Å². The Morgan fingerprint density at radius 1 is 1.06 bits per heavy atom. The molecule has 1 fully saturated rings. The molecular formula is C14H30N2S. The fourth-order valence-electron chi connectivity index (χ4n) is 2.23. The fourth-order valence-corrected chi connectivity index (χ4v) is 3.15. The van der Waals surface area contributed by atoms with Crippen molar-refractivity contribution < 1.29 is 0 Å². The smallest absolute Gasteiger partial charge is 0.00723 e. The van der Waals surface area contributed by atoms with Gasteiger partial charge in [-0.1, -0.05) is 26.7 Å². The minimum Gasteiger partial charge on any atom is -0.315 e. The minimum absolute atomic E-state index is 0.643. The predicted octanol–water partition coefficient (Wildman–Crippen LogP) is 2.98. The number of thioether (sulfide) groups is 1. The largest absolute Gasteiger partial charge is 0.315 e. The Morgan fingerprint density at radius 3 is 2.71 bits per heavy atom. The van der Waals surface area contributed by atoms with E-state index in [-0.39, 0.29) is 0 Å². The molecule has 1 rings (SSSR count). The summed E-state index contributed by atoms with van der Waals surface area (Å²) in [4.78, 5) is 2.66. The normalized spacial score (nSPS) is 18.5. The van der Waals surface area contributed by atoms with Gasteiger partial charge in [-0.3, -0.25) is 0 Å². The molecule has 0 aromatic rings. The number of nitrogens with zero attached hydrogens (tertiary/aromatic N) is 1. The van der Waals surface area contributed by atoms with E-state index in [0.717, 1.165) is 0 Å². The van der Waals surface area contributed by atoms with Gasteiger partial charge in [0.15, 0.2) is 0 Å². The zero-order valence-electron chi connectivity index (χ0n) is 11.7. The van der Waals surface area contributed by atoms with Crippen LogP contribution in [-0.2, 0) is 0 Å². The van der Waals surface area contributed by atoms with Crippen molar-refractivity contribution in [1.82, 2.24) is 10.2 Å². The molecule has 3 heteroatoms. The van der Waals surface area contributed by atoms with E-state index in [4.69, 9.17) is 0 Å². The average Bonchev–Trinajstić information content (AvgIpc) is 2.56. The summed E-state index contributed by atoms with van der Waals surface area (Å²) in [5.41, 5.74) is 0. The zero-order chi connectivity index (χ0) is 12.3. The van der Waals surface area contributed by atoms with Crippen molar-refractivity contribution in [2.24, 2.45) is 0 Å². The number of unbranched alkanes of at least 4 members (excludes halogenated alkanes) is 3. The van der Waals surface area contributed by atoms with E-state index in [0.29, 0.717) is 6.04 Å². The third-order valence-electron chi connectivity index (χ3n) is 3.27. The van der Waals surface area contributed by atoms with Crippen LogP contribution in [0.3, 0.4) is 0 Å². The lowest BCUT2D eigenvalue weighted by Crippen LogP contribution is -2.27. The Labute approximate surface area is 112 Å². The molecule has 1 N–H and O–H groups in total. The average molecular weight is 258 g/mol. The van der Waals surface area contributed by atoms with Crippen LogP contribution in [0.25, 0.3) is 0 Å². The number of hydrogen-bond donors (Lipinski definition) is 1. The van der Waals surface area contributed by atoms with Crippen LogP contribution in [0.4, 0.5) is 0 Å². The summed E-state index contributed by atoms with van der Waals surface area (Å²) >= 11 is 2.12. The van der Waals surface area contributed by atoms with Crippen LogP contribution < -0.4 is 5.32 Å². The molecule has 1 heterocycles. The van der Waals surface area contributed by atoms with Gasteiger partial charge >= 0.3 is 0 Å². The highest BCUT2D eigenvalue weighted by molar-refractivity contribution is 7.99. The topological polar surface area (TPSA) is 15.3 Å². The van der Waals surface area contributed by atoms with Crippen molar-refractivity contribution in [3.8, 4) is 0 Å². The summed E-state index contributed by atoms with van der Waals surface area (Å²) in [7, 11) is 0. The Morgan fingerprint density at radius 2 is 1.88 bits per heavy atom. The first-order valence-corrected chi connectivity index (χ1v) is 8.48. The van der Waals surface area contributed by atoms with Gasteiger partial charge < -0.3 is 10.2 Å². The molecule has 0 saturated carbocycles. The Hall–Kier alpha value is 0.270. The quantitative estimate of drug-likeness (QED) is 0.674. The monoisotopic (exact) mass is 258 g/mol. The van der Waals surface area contributed by atoms with E-state index in [1.807, 2.05) is 0 Å². The summed E-state index contributed by atoms with van der Waals surface area (Å²) in [5.74, 6) is 2.72. The lowest BCUT2D eigenvalue weighted by atomic mass is 10.2. The second-order valence-electron chi connectivity index (χ2n) is 5.33. The van der Waals surface area contributed by atoms with E-state index in [9.17, 15) is 0 Å². The molecule has 0 aliphatic carbocycles. The fraction of sp³-hybridized carbons (Fsp3) is 1.00. The van der Waals surface area contributed by atoms with Gasteiger partial charge in [0, 0.05) is 18.3 Å². The molecule has 0 aromatic carbocycles. The second kappa shape index (κ2) is 10.2. The van der Waals surface area contributed by atoms with Crippen molar-refractivity contribution in [3.63, 3.8) is 0 Å². The van der Waals surface area contributed by atoms with Gasteiger partial charge in [0.1, 0.15) is 0 Å².